The number of hydrogen-bond acceptors (Lipinski definition) is 8. The molecular weight excluding hydrogens is 478 g/mol. The molecule has 1 aromatic carbocycles. The molecule has 1 saturated heterocycles. The third-order valence-corrected chi connectivity index (χ3v) is 7.68. The SMILES string of the molecule is COc1ccc(CS(=O)(=O)N(CCC(=O)N2CCC(OC(C)=O)CC2)C(C(=O)NO)C(C)C)cc1. The van der Waals surface area contributed by atoms with Crippen molar-refractivity contribution in [1.82, 2.24) is 14.7 Å². The Morgan fingerprint density at radius 3 is 2.26 bits per heavy atom. The van der Waals surface area contributed by atoms with Gasteiger partial charge >= 0.3 is 5.97 Å². The Kier molecular flexibility index (Phi) is 10.5. The fourth-order valence-corrected chi connectivity index (χ4v) is 5.95. The molecule has 2 amide bonds. The zero-order valence-electron chi connectivity index (χ0n) is 20.6. The van der Waals surface area contributed by atoms with Gasteiger partial charge < -0.3 is 14.4 Å². The van der Waals surface area contributed by atoms with Gasteiger partial charge in [0.05, 0.1) is 12.9 Å². The molecule has 1 unspecified atom stereocenters. The molecule has 11 nitrogen and oxygen atoms in total. The van der Waals surface area contributed by atoms with Crippen molar-refractivity contribution in [3.05, 3.63) is 29.8 Å². The van der Waals surface area contributed by atoms with E-state index in [-0.39, 0.29) is 36.7 Å². The average molecular weight is 514 g/mol. The van der Waals surface area contributed by atoms with Crippen molar-refractivity contribution in [2.24, 2.45) is 5.92 Å². The Morgan fingerprint density at radius 1 is 1.17 bits per heavy atom. The molecule has 0 saturated carbocycles. The van der Waals surface area contributed by atoms with Crippen molar-refractivity contribution in [3.8, 4) is 5.75 Å². The normalized spacial score (nSPS) is 15.7. The standard InChI is InChI=1S/C23H35N3O8S/c1-16(2)22(23(29)24-30)26(35(31,32)15-18-5-7-19(33-4)8-6-18)14-11-21(28)25-12-9-20(10-13-25)34-17(3)27/h5-8,16,20,22,30H,9-15H2,1-4H3,(H,24,29). The van der Waals surface area contributed by atoms with Crippen molar-refractivity contribution in [1.29, 1.82) is 0 Å². The summed E-state index contributed by atoms with van der Waals surface area (Å²) in [6.07, 6.45) is 0.636. The van der Waals surface area contributed by atoms with Gasteiger partial charge in [-0.2, -0.15) is 4.31 Å². The van der Waals surface area contributed by atoms with E-state index in [1.807, 2.05) is 0 Å². The minimum Gasteiger partial charge on any atom is -0.497 e. The number of carbonyl (C=O) groups excluding carboxylic acids is 3. The van der Waals surface area contributed by atoms with E-state index in [0.717, 1.165) is 4.31 Å². The molecule has 2 N–H and O–H groups in total. The maximum atomic E-state index is 13.4. The largest absolute Gasteiger partial charge is 0.497 e. The maximum Gasteiger partial charge on any atom is 0.302 e. The van der Waals surface area contributed by atoms with Gasteiger partial charge in [-0.1, -0.05) is 26.0 Å². The molecule has 196 valence electrons. The first-order valence-corrected chi connectivity index (χ1v) is 13.1. The lowest BCUT2D eigenvalue weighted by molar-refractivity contribution is -0.149. The highest BCUT2D eigenvalue weighted by Crippen LogP contribution is 2.22. The van der Waals surface area contributed by atoms with Crippen LogP contribution in [0.15, 0.2) is 24.3 Å². The number of nitrogens with one attached hydrogen (secondary N) is 1. The number of hydroxylamine groups is 1. The van der Waals surface area contributed by atoms with Gasteiger partial charge in [-0.05, 0) is 23.6 Å². The molecule has 1 aliphatic heterocycles. The number of nitrogens with zero attached hydrogens (tertiary/aromatic N) is 2. The van der Waals surface area contributed by atoms with Gasteiger partial charge in [0.25, 0.3) is 5.91 Å². The molecular formula is C23H35N3O8S. The Morgan fingerprint density at radius 2 is 1.77 bits per heavy atom. The minimum atomic E-state index is -4.05. The van der Waals surface area contributed by atoms with Crippen LogP contribution >= 0.6 is 0 Å². The quantitative estimate of drug-likeness (QED) is 0.256. The van der Waals surface area contributed by atoms with Crippen molar-refractivity contribution in [3.63, 3.8) is 0 Å². The van der Waals surface area contributed by atoms with Crippen LogP contribution in [0.4, 0.5) is 0 Å². The summed E-state index contributed by atoms with van der Waals surface area (Å²) in [7, 11) is -2.55. The third kappa shape index (κ3) is 8.18. The number of ether oxygens (including phenoxy) is 2. The van der Waals surface area contributed by atoms with Gasteiger partial charge in [-0.15, -0.1) is 0 Å². The Bertz CT molecular complexity index is 973. The van der Waals surface area contributed by atoms with Crippen LogP contribution in [0, 0.1) is 5.92 Å². The number of piperidine rings is 1. The molecule has 1 heterocycles. The summed E-state index contributed by atoms with van der Waals surface area (Å²) >= 11 is 0. The number of methoxy groups -OCH3 is 1. The molecule has 0 aliphatic carbocycles. The van der Waals surface area contributed by atoms with Crippen LogP contribution in [-0.4, -0.2) is 79.5 Å². The second-order valence-corrected chi connectivity index (χ2v) is 10.7. The van der Waals surface area contributed by atoms with Gasteiger partial charge in [0.1, 0.15) is 17.9 Å². The van der Waals surface area contributed by atoms with Crippen LogP contribution in [0.1, 0.15) is 45.6 Å². The van der Waals surface area contributed by atoms with E-state index in [1.54, 1.807) is 48.5 Å². The van der Waals surface area contributed by atoms with Crippen molar-refractivity contribution < 1.29 is 37.5 Å². The van der Waals surface area contributed by atoms with E-state index >= 15 is 0 Å². The molecule has 0 aromatic heterocycles. The smallest absolute Gasteiger partial charge is 0.302 e. The highest BCUT2D eigenvalue weighted by atomic mass is 32.2. The fraction of sp³-hybridized carbons (Fsp3) is 0.609. The Balaban J connectivity index is 2.17. The highest BCUT2D eigenvalue weighted by molar-refractivity contribution is 7.88. The predicted octanol–water partition coefficient (Wildman–Crippen LogP) is 1.30. The minimum absolute atomic E-state index is 0.137. The van der Waals surface area contributed by atoms with Crippen LogP contribution in [0.5, 0.6) is 5.75 Å². The number of hydrogen-bond donors (Lipinski definition) is 2. The molecule has 0 radical (unpaired) electrons. The number of sulfonamides is 1. The lowest BCUT2D eigenvalue weighted by Gasteiger charge is -2.34. The number of amides is 2. The van der Waals surface area contributed by atoms with Gasteiger partial charge in [-0.25, -0.2) is 13.9 Å². The van der Waals surface area contributed by atoms with Crippen LogP contribution in [0.3, 0.4) is 0 Å². The van der Waals surface area contributed by atoms with E-state index in [1.165, 1.54) is 14.0 Å². The molecule has 35 heavy (non-hydrogen) atoms. The molecule has 1 aromatic rings. The molecule has 12 heteroatoms. The van der Waals surface area contributed by atoms with Gasteiger partial charge in [0.2, 0.25) is 15.9 Å². The van der Waals surface area contributed by atoms with E-state index in [9.17, 15) is 28.0 Å². The number of benzene rings is 1. The summed E-state index contributed by atoms with van der Waals surface area (Å²) in [6.45, 7) is 5.22. The van der Waals surface area contributed by atoms with Crippen LogP contribution < -0.4 is 10.2 Å². The molecule has 1 fully saturated rings. The van der Waals surface area contributed by atoms with E-state index in [0.29, 0.717) is 37.2 Å². The average Bonchev–Trinajstić information content (AvgIpc) is 2.81. The van der Waals surface area contributed by atoms with Crippen LogP contribution in [0.25, 0.3) is 0 Å². The zero-order chi connectivity index (χ0) is 26.2. The van der Waals surface area contributed by atoms with Crippen molar-refractivity contribution >= 4 is 27.8 Å². The highest BCUT2D eigenvalue weighted by Gasteiger charge is 2.37. The van der Waals surface area contributed by atoms with Crippen molar-refractivity contribution in [2.75, 3.05) is 26.7 Å². The molecule has 1 atom stereocenters. The lowest BCUT2D eigenvalue weighted by atomic mass is 10.0. The zero-order valence-corrected chi connectivity index (χ0v) is 21.4. The Hall–Kier alpha value is -2.70. The van der Waals surface area contributed by atoms with Gasteiger partial charge in [0, 0.05) is 45.8 Å². The third-order valence-electron chi connectivity index (χ3n) is 5.86. The first-order chi connectivity index (χ1) is 16.5. The van der Waals surface area contributed by atoms with Gasteiger partial charge in [-0.3, -0.25) is 19.6 Å². The summed E-state index contributed by atoms with van der Waals surface area (Å²) in [4.78, 5) is 38.0. The molecule has 2 rings (SSSR count). The molecule has 0 bridgehead atoms. The van der Waals surface area contributed by atoms with E-state index in [2.05, 4.69) is 0 Å². The number of likely N-dealkylation sites (tertiary alicyclic amines) is 1. The first kappa shape index (κ1) is 28.5. The summed E-state index contributed by atoms with van der Waals surface area (Å²) in [5.74, 6) is -1.78. The van der Waals surface area contributed by atoms with Crippen LogP contribution in [0.2, 0.25) is 0 Å². The van der Waals surface area contributed by atoms with Gasteiger partial charge in [0.15, 0.2) is 0 Å². The molecule has 0 spiro atoms. The lowest BCUT2D eigenvalue weighted by Crippen LogP contribution is -2.53. The first-order valence-electron chi connectivity index (χ1n) is 11.5. The summed E-state index contributed by atoms with van der Waals surface area (Å²) in [5.41, 5.74) is 2.04. The second-order valence-electron chi connectivity index (χ2n) is 8.82. The monoisotopic (exact) mass is 513 g/mol. The number of esters is 1. The molecule has 1 aliphatic rings. The number of rotatable bonds is 11. The summed E-state index contributed by atoms with van der Waals surface area (Å²) in [5, 5.41) is 9.24. The second kappa shape index (κ2) is 12.8. The van der Waals surface area contributed by atoms with Crippen molar-refractivity contribution in [2.45, 2.75) is 57.9 Å². The Labute approximate surface area is 206 Å². The van der Waals surface area contributed by atoms with E-state index < -0.39 is 27.9 Å². The predicted molar refractivity (Wildman–Crippen MR) is 127 cm³/mol. The fourth-order valence-electron chi connectivity index (χ4n) is 4.12. The topological polar surface area (TPSA) is 143 Å². The van der Waals surface area contributed by atoms with E-state index in [4.69, 9.17) is 9.47 Å². The summed E-state index contributed by atoms with van der Waals surface area (Å²) < 4.78 is 38.1. The maximum absolute atomic E-state index is 13.4. The summed E-state index contributed by atoms with van der Waals surface area (Å²) in [6, 6.07) is 5.30. The number of carbonyl (C=O) groups is 3. The van der Waals surface area contributed by atoms with Crippen LogP contribution in [-0.2, 0) is 34.9 Å².